The van der Waals surface area contributed by atoms with Crippen LogP contribution >= 0.6 is 15.5 Å². The minimum atomic E-state index is -3.46. The standard InChI is InChI=1S/C20H18N2O6P2/c23-29(25-17-8-1-2-9-18(17)26-29)21-13-15-6-5-7-16(12-15)14-22-30(24)27-19-10-3-4-11-20(19)28-30/h1-12H,13-14H2,(H,21,23)(H,22,24). The van der Waals surface area contributed by atoms with E-state index in [1.807, 2.05) is 24.3 Å². The summed E-state index contributed by atoms with van der Waals surface area (Å²) < 4.78 is 47.3. The second-order valence-electron chi connectivity index (χ2n) is 6.74. The second kappa shape index (κ2) is 7.49. The van der Waals surface area contributed by atoms with Crippen LogP contribution in [0.4, 0.5) is 0 Å². The molecule has 3 aromatic carbocycles. The molecule has 0 radical (unpaired) electrons. The van der Waals surface area contributed by atoms with Crippen molar-refractivity contribution >= 4 is 15.5 Å². The van der Waals surface area contributed by atoms with Crippen LogP contribution in [0.1, 0.15) is 11.1 Å². The zero-order valence-electron chi connectivity index (χ0n) is 15.7. The summed E-state index contributed by atoms with van der Waals surface area (Å²) in [6.45, 7) is 0.546. The highest BCUT2D eigenvalue weighted by molar-refractivity contribution is 7.53. The predicted molar refractivity (Wildman–Crippen MR) is 111 cm³/mol. The molecule has 0 aliphatic carbocycles. The van der Waals surface area contributed by atoms with Crippen LogP contribution in [0.25, 0.3) is 0 Å². The molecule has 10 heteroatoms. The van der Waals surface area contributed by atoms with Gasteiger partial charge in [-0.2, -0.15) is 10.2 Å². The number of rotatable bonds is 6. The molecule has 0 amide bonds. The van der Waals surface area contributed by atoms with Crippen LogP contribution in [0, 0.1) is 0 Å². The van der Waals surface area contributed by atoms with Crippen LogP contribution in [-0.4, -0.2) is 0 Å². The lowest BCUT2D eigenvalue weighted by Crippen LogP contribution is -2.16. The molecule has 3 aromatic rings. The average molecular weight is 444 g/mol. The van der Waals surface area contributed by atoms with Crippen molar-refractivity contribution in [3.8, 4) is 23.0 Å². The van der Waals surface area contributed by atoms with E-state index in [9.17, 15) is 9.13 Å². The van der Waals surface area contributed by atoms with E-state index in [-0.39, 0.29) is 13.1 Å². The Bertz CT molecular complexity index is 1050. The van der Waals surface area contributed by atoms with Gasteiger partial charge in [-0.1, -0.05) is 48.5 Å². The summed E-state index contributed by atoms with van der Waals surface area (Å²) >= 11 is 0. The van der Waals surface area contributed by atoms with Crippen molar-refractivity contribution in [2.45, 2.75) is 13.1 Å². The van der Waals surface area contributed by atoms with E-state index in [0.29, 0.717) is 23.0 Å². The summed E-state index contributed by atoms with van der Waals surface area (Å²) in [4.78, 5) is 0. The summed E-state index contributed by atoms with van der Waals surface area (Å²) in [6.07, 6.45) is 0. The first-order valence-electron chi connectivity index (χ1n) is 9.25. The molecule has 2 heterocycles. The van der Waals surface area contributed by atoms with Gasteiger partial charge in [0.1, 0.15) is 0 Å². The largest absolute Gasteiger partial charge is 0.513 e. The molecule has 0 unspecified atom stereocenters. The first-order valence-corrected chi connectivity index (χ1v) is 12.3. The SMILES string of the molecule is O=P1(NCc2cccc(CNP3(=O)Oc4ccccc4O3)c2)Oc2ccccc2O1. The Kier molecular flexibility index (Phi) is 4.80. The van der Waals surface area contributed by atoms with Gasteiger partial charge in [0.05, 0.1) is 0 Å². The van der Waals surface area contributed by atoms with Gasteiger partial charge in [0.2, 0.25) is 0 Å². The lowest BCUT2D eigenvalue weighted by Gasteiger charge is -2.13. The third-order valence-electron chi connectivity index (χ3n) is 4.52. The Labute approximate surface area is 173 Å². The summed E-state index contributed by atoms with van der Waals surface area (Å²) in [5.41, 5.74) is 1.73. The molecule has 8 nitrogen and oxygen atoms in total. The molecule has 0 aromatic heterocycles. The van der Waals surface area contributed by atoms with E-state index in [4.69, 9.17) is 18.1 Å². The normalized spacial score (nSPS) is 17.1. The minimum Gasteiger partial charge on any atom is -0.401 e. The van der Waals surface area contributed by atoms with Gasteiger partial charge >= 0.3 is 15.5 Å². The maximum atomic E-state index is 12.7. The fourth-order valence-electron chi connectivity index (χ4n) is 3.11. The molecule has 5 rings (SSSR count). The van der Waals surface area contributed by atoms with Crippen LogP contribution in [0.3, 0.4) is 0 Å². The zero-order chi connectivity index (χ0) is 20.6. The van der Waals surface area contributed by atoms with Crippen molar-refractivity contribution in [3.05, 3.63) is 83.9 Å². The van der Waals surface area contributed by atoms with Crippen molar-refractivity contribution in [2.24, 2.45) is 0 Å². The molecule has 0 bridgehead atoms. The highest BCUT2D eigenvalue weighted by atomic mass is 31.2. The van der Waals surface area contributed by atoms with Crippen LogP contribution in [0.5, 0.6) is 23.0 Å². The van der Waals surface area contributed by atoms with E-state index in [1.54, 1.807) is 48.5 Å². The topological polar surface area (TPSA) is 95.1 Å². The quantitative estimate of drug-likeness (QED) is 0.512. The fourth-order valence-corrected chi connectivity index (χ4v) is 5.84. The Hall–Kier alpha value is -2.76. The molecule has 2 aliphatic rings. The first kappa shape index (κ1) is 19.2. The average Bonchev–Trinajstić information content (AvgIpc) is 3.27. The lowest BCUT2D eigenvalue weighted by atomic mass is 10.1. The lowest BCUT2D eigenvalue weighted by molar-refractivity contribution is 0.412. The molecule has 154 valence electrons. The Morgan fingerprint density at radius 2 is 0.933 bits per heavy atom. The van der Waals surface area contributed by atoms with E-state index in [0.717, 1.165) is 11.1 Å². The molecule has 0 atom stereocenters. The highest BCUT2D eigenvalue weighted by Crippen LogP contribution is 2.56. The summed E-state index contributed by atoms with van der Waals surface area (Å²) in [7, 11) is -6.92. The van der Waals surface area contributed by atoms with Crippen LogP contribution < -0.4 is 28.3 Å². The Balaban J connectivity index is 1.20. The number of hydrogen-bond donors (Lipinski definition) is 2. The zero-order valence-corrected chi connectivity index (χ0v) is 17.5. The minimum absolute atomic E-state index is 0.273. The van der Waals surface area contributed by atoms with Gasteiger partial charge in [-0.05, 0) is 35.4 Å². The maximum absolute atomic E-state index is 12.7. The molecule has 0 fully saturated rings. The van der Waals surface area contributed by atoms with Gasteiger partial charge in [0, 0.05) is 13.1 Å². The molecule has 0 saturated carbocycles. The van der Waals surface area contributed by atoms with Gasteiger partial charge in [-0.3, -0.25) is 0 Å². The van der Waals surface area contributed by atoms with Gasteiger partial charge in [0.15, 0.2) is 23.0 Å². The van der Waals surface area contributed by atoms with E-state index >= 15 is 0 Å². The first-order chi connectivity index (χ1) is 14.5. The van der Waals surface area contributed by atoms with E-state index in [1.165, 1.54) is 0 Å². The third-order valence-corrected chi connectivity index (χ3v) is 7.36. The summed E-state index contributed by atoms with van der Waals surface area (Å²) in [5, 5.41) is 5.70. The van der Waals surface area contributed by atoms with Crippen LogP contribution in [0.15, 0.2) is 72.8 Å². The number of benzene rings is 3. The highest BCUT2D eigenvalue weighted by Gasteiger charge is 2.37. The number of para-hydroxylation sites is 4. The molecular weight excluding hydrogens is 426 g/mol. The molecule has 2 aliphatic heterocycles. The van der Waals surface area contributed by atoms with Gasteiger partial charge < -0.3 is 18.1 Å². The van der Waals surface area contributed by atoms with Crippen molar-refractivity contribution in [1.82, 2.24) is 10.2 Å². The van der Waals surface area contributed by atoms with Crippen molar-refractivity contribution in [2.75, 3.05) is 0 Å². The van der Waals surface area contributed by atoms with Crippen molar-refractivity contribution < 1.29 is 27.2 Å². The smallest absolute Gasteiger partial charge is 0.401 e. The van der Waals surface area contributed by atoms with Crippen LogP contribution in [-0.2, 0) is 22.2 Å². The fraction of sp³-hybridized carbons (Fsp3) is 0.100. The Morgan fingerprint density at radius 1 is 0.567 bits per heavy atom. The number of nitrogens with one attached hydrogen (secondary N) is 2. The molecule has 0 saturated heterocycles. The number of hydrogen-bond acceptors (Lipinski definition) is 6. The molecular formula is C20H18N2O6P2. The number of fused-ring (bicyclic) bond motifs is 2. The van der Waals surface area contributed by atoms with Gasteiger partial charge in [-0.15, -0.1) is 0 Å². The molecule has 2 N–H and O–H groups in total. The molecule has 0 spiro atoms. The van der Waals surface area contributed by atoms with Gasteiger partial charge in [0.25, 0.3) is 0 Å². The summed E-state index contributed by atoms with van der Waals surface area (Å²) in [6, 6.07) is 21.5. The van der Waals surface area contributed by atoms with Crippen LogP contribution in [0.2, 0.25) is 0 Å². The van der Waals surface area contributed by atoms with E-state index < -0.39 is 15.5 Å². The van der Waals surface area contributed by atoms with Crippen molar-refractivity contribution in [3.63, 3.8) is 0 Å². The predicted octanol–water partition coefficient (Wildman–Crippen LogP) is 5.02. The van der Waals surface area contributed by atoms with E-state index in [2.05, 4.69) is 10.2 Å². The summed E-state index contributed by atoms with van der Waals surface area (Å²) in [5.74, 6) is 1.81. The monoisotopic (exact) mass is 444 g/mol. The second-order valence-corrected chi connectivity index (χ2v) is 10.1. The van der Waals surface area contributed by atoms with Gasteiger partial charge in [-0.25, -0.2) is 9.13 Å². The third kappa shape index (κ3) is 3.95. The van der Waals surface area contributed by atoms with Crippen molar-refractivity contribution in [1.29, 1.82) is 0 Å². The maximum Gasteiger partial charge on any atom is 0.513 e. The molecule has 30 heavy (non-hydrogen) atoms. The Morgan fingerprint density at radius 3 is 1.30 bits per heavy atom.